The molecule has 0 saturated heterocycles. The molecular weight excluding hydrogens is 342 g/mol. The lowest BCUT2D eigenvalue weighted by Gasteiger charge is -2.28. The first-order chi connectivity index (χ1) is 9.73. The van der Waals surface area contributed by atoms with Crippen LogP contribution in [-0.4, -0.2) is 36.8 Å². The van der Waals surface area contributed by atoms with Crippen LogP contribution in [0.5, 0.6) is 0 Å². The van der Waals surface area contributed by atoms with Crippen LogP contribution in [0, 0.1) is 0 Å². The normalized spacial score (nSPS) is 12.0. The molecule has 21 heavy (non-hydrogen) atoms. The first-order valence-electron chi connectivity index (χ1n) is 6.90. The summed E-state index contributed by atoms with van der Waals surface area (Å²) in [4.78, 5) is 1.52. The van der Waals surface area contributed by atoms with Gasteiger partial charge in [0, 0.05) is 28.8 Å². The van der Waals surface area contributed by atoms with Crippen LogP contribution < -0.4 is 10.2 Å². The Balaban J connectivity index is 3.02. The summed E-state index contributed by atoms with van der Waals surface area (Å²) in [7, 11) is 0. The first kappa shape index (κ1) is 18.3. The van der Waals surface area contributed by atoms with E-state index >= 15 is 0 Å². The van der Waals surface area contributed by atoms with Gasteiger partial charge in [-0.1, -0.05) is 15.9 Å². The third kappa shape index (κ3) is 6.72. The number of benzene rings is 1. The maximum Gasteiger partial charge on any atom is 0.255 e. The minimum atomic E-state index is -2.44. The number of alkyl halides is 2. The zero-order valence-electron chi connectivity index (χ0n) is 12.7. The smallest absolute Gasteiger partial charge is 0.255 e. The van der Waals surface area contributed by atoms with Gasteiger partial charge in [-0.05, 0) is 44.5 Å². The molecule has 0 saturated carbocycles. The Morgan fingerprint density at radius 1 is 1.33 bits per heavy atom. The summed E-state index contributed by atoms with van der Waals surface area (Å²) >= 11 is 3.41. The van der Waals surface area contributed by atoms with E-state index in [-0.39, 0.29) is 25.2 Å². The lowest BCUT2D eigenvalue weighted by Crippen LogP contribution is -2.37. The molecule has 0 fully saturated rings. The van der Waals surface area contributed by atoms with Gasteiger partial charge in [0.05, 0.1) is 13.2 Å². The average Bonchev–Trinajstić information content (AvgIpc) is 2.34. The van der Waals surface area contributed by atoms with E-state index in [4.69, 9.17) is 5.11 Å². The molecular formula is C15H23BrF2N2O. The van der Waals surface area contributed by atoms with Crippen LogP contribution >= 0.6 is 15.9 Å². The number of halogens is 3. The van der Waals surface area contributed by atoms with E-state index in [0.717, 1.165) is 15.7 Å². The number of nitrogens with zero attached hydrogens (tertiary/aromatic N) is 1. The number of hydrogen-bond acceptors (Lipinski definition) is 3. The van der Waals surface area contributed by atoms with E-state index in [2.05, 4.69) is 42.0 Å². The van der Waals surface area contributed by atoms with Crippen LogP contribution in [0.2, 0.25) is 0 Å². The molecule has 2 N–H and O–H groups in total. The van der Waals surface area contributed by atoms with Gasteiger partial charge < -0.3 is 15.3 Å². The van der Waals surface area contributed by atoms with Crippen LogP contribution in [0.3, 0.4) is 0 Å². The SMILES string of the molecule is CC(C)(C)NCc1cc(Br)ccc1N(CCO)CC(F)F. The van der Waals surface area contributed by atoms with E-state index < -0.39 is 6.43 Å². The van der Waals surface area contributed by atoms with Gasteiger partial charge in [0.25, 0.3) is 6.43 Å². The summed E-state index contributed by atoms with van der Waals surface area (Å²) < 4.78 is 26.4. The quantitative estimate of drug-likeness (QED) is 0.778. The molecule has 6 heteroatoms. The fourth-order valence-corrected chi connectivity index (χ4v) is 2.37. The lowest BCUT2D eigenvalue weighted by atomic mass is 10.1. The molecule has 0 unspecified atom stereocenters. The van der Waals surface area contributed by atoms with E-state index in [1.807, 2.05) is 18.2 Å². The third-order valence-electron chi connectivity index (χ3n) is 2.92. The fourth-order valence-electron chi connectivity index (χ4n) is 1.96. The number of anilines is 1. The van der Waals surface area contributed by atoms with Crippen LogP contribution in [0.15, 0.2) is 22.7 Å². The highest BCUT2D eigenvalue weighted by atomic mass is 79.9. The molecule has 0 aromatic heterocycles. The van der Waals surface area contributed by atoms with Gasteiger partial charge in [0.2, 0.25) is 0 Å². The van der Waals surface area contributed by atoms with Crippen molar-refractivity contribution in [3.63, 3.8) is 0 Å². The van der Waals surface area contributed by atoms with Crippen molar-refractivity contribution in [2.24, 2.45) is 0 Å². The molecule has 0 heterocycles. The molecule has 1 aromatic rings. The van der Waals surface area contributed by atoms with Crippen LogP contribution in [0.1, 0.15) is 26.3 Å². The van der Waals surface area contributed by atoms with E-state index in [1.165, 1.54) is 4.90 Å². The predicted octanol–water partition coefficient (Wildman–Crippen LogP) is 3.40. The minimum absolute atomic E-state index is 0.0654. The molecule has 0 aliphatic carbocycles. The highest BCUT2D eigenvalue weighted by Gasteiger charge is 2.17. The van der Waals surface area contributed by atoms with E-state index in [1.54, 1.807) is 0 Å². The van der Waals surface area contributed by atoms with Crippen molar-refractivity contribution in [2.75, 3.05) is 24.6 Å². The molecule has 0 amide bonds. The molecule has 0 bridgehead atoms. The summed E-state index contributed by atoms with van der Waals surface area (Å²) in [6, 6.07) is 5.55. The molecule has 3 nitrogen and oxygen atoms in total. The highest BCUT2D eigenvalue weighted by molar-refractivity contribution is 9.10. The largest absolute Gasteiger partial charge is 0.395 e. The number of aliphatic hydroxyl groups excluding tert-OH is 1. The lowest BCUT2D eigenvalue weighted by molar-refractivity contribution is 0.152. The van der Waals surface area contributed by atoms with Gasteiger partial charge in [-0.2, -0.15) is 0 Å². The molecule has 0 atom stereocenters. The maximum atomic E-state index is 12.7. The number of aliphatic hydroxyl groups is 1. The maximum absolute atomic E-state index is 12.7. The molecule has 1 aromatic carbocycles. The summed E-state index contributed by atoms with van der Waals surface area (Å²) in [5.41, 5.74) is 1.59. The van der Waals surface area contributed by atoms with Crippen molar-refractivity contribution in [1.82, 2.24) is 5.32 Å². The van der Waals surface area contributed by atoms with Gasteiger partial charge >= 0.3 is 0 Å². The van der Waals surface area contributed by atoms with Crippen LogP contribution in [-0.2, 0) is 6.54 Å². The second-order valence-electron chi connectivity index (χ2n) is 5.94. The zero-order valence-corrected chi connectivity index (χ0v) is 14.3. The molecule has 0 aliphatic rings. The monoisotopic (exact) mass is 364 g/mol. The van der Waals surface area contributed by atoms with Gasteiger partial charge in [0.15, 0.2) is 0 Å². The van der Waals surface area contributed by atoms with Crippen molar-refractivity contribution in [1.29, 1.82) is 0 Å². The summed E-state index contributed by atoms with van der Waals surface area (Å²) in [6.07, 6.45) is -2.44. The predicted molar refractivity (Wildman–Crippen MR) is 86.0 cm³/mol. The van der Waals surface area contributed by atoms with Gasteiger partial charge in [0.1, 0.15) is 0 Å². The fraction of sp³-hybridized carbons (Fsp3) is 0.600. The Kier molecular flexibility index (Phi) is 7.03. The van der Waals surface area contributed by atoms with Crippen molar-refractivity contribution < 1.29 is 13.9 Å². The summed E-state index contributed by atoms with van der Waals surface area (Å²) in [6.45, 7) is 6.37. The van der Waals surface area contributed by atoms with Gasteiger partial charge in [-0.15, -0.1) is 0 Å². The number of nitrogens with one attached hydrogen (secondary N) is 1. The second kappa shape index (κ2) is 8.06. The Labute approximate surface area is 133 Å². The van der Waals surface area contributed by atoms with E-state index in [0.29, 0.717) is 6.54 Å². The highest BCUT2D eigenvalue weighted by Crippen LogP contribution is 2.26. The second-order valence-corrected chi connectivity index (χ2v) is 6.85. The van der Waals surface area contributed by atoms with Gasteiger partial charge in [-0.25, -0.2) is 8.78 Å². The first-order valence-corrected chi connectivity index (χ1v) is 7.69. The van der Waals surface area contributed by atoms with Crippen molar-refractivity contribution in [3.05, 3.63) is 28.2 Å². The summed E-state index contributed by atoms with van der Waals surface area (Å²) in [5.74, 6) is 0. The average molecular weight is 365 g/mol. The van der Waals surface area contributed by atoms with Crippen molar-refractivity contribution >= 4 is 21.6 Å². The Hall–Kier alpha value is -0.720. The molecule has 0 radical (unpaired) electrons. The van der Waals surface area contributed by atoms with Crippen molar-refractivity contribution in [2.45, 2.75) is 39.3 Å². The van der Waals surface area contributed by atoms with Crippen molar-refractivity contribution in [3.8, 4) is 0 Å². The molecule has 1 rings (SSSR count). The summed E-state index contributed by atoms with van der Waals surface area (Å²) in [5, 5.41) is 12.5. The van der Waals surface area contributed by atoms with Crippen LogP contribution in [0.4, 0.5) is 14.5 Å². The Bertz CT molecular complexity index is 450. The van der Waals surface area contributed by atoms with E-state index in [9.17, 15) is 8.78 Å². The Morgan fingerprint density at radius 3 is 2.52 bits per heavy atom. The molecule has 0 spiro atoms. The topological polar surface area (TPSA) is 35.5 Å². The number of hydrogen-bond donors (Lipinski definition) is 2. The van der Waals surface area contributed by atoms with Gasteiger partial charge in [-0.3, -0.25) is 0 Å². The minimum Gasteiger partial charge on any atom is -0.395 e. The third-order valence-corrected chi connectivity index (χ3v) is 3.41. The standard InChI is InChI=1S/C15H23BrF2N2O/c1-15(2,3)19-9-11-8-12(16)4-5-13(11)20(6-7-21)10-14(17)18/h4-5,8,14,19,21H,6-7,9-10H2,1-3H3. The number of rotatable bonds is 7. The zero-order chi connectivity index (χ0) is 16.0. The molecule has 120 valence electrons. The van der Waals surface area contributed by atoms with Crippen LogP contribution in [0.25, 0.3) is 0 Å². The molecule has 0 aliphatic heterocycles. The Morgan fingerprint density at radius 2 is 2.00 bits per heavy atom.